The quantitative estimate of drug-likeness (QED) is 0.288. The lowest BCUT2D eigenvalue weighted by molar-refractivity contribution is -0.122. The van der Waals surface area contributed by atoms with E-state index < -0.39 is 0 Å². The number of fused-ring (bicyclic) bond motifs is 1. The van der Waals surface area contributed by atoms with E-state index in [1.807, 2.05) is 0 Å². The predicted octanol–water partition coefficient (Wildman–Crippen LogP) is 2.50. The summed E-state index contributed by atoms with van der Waals surface area (Å²) in [4.78, 5) is 24.9. The number of hydrogen-bond acceptors (Lipinski definition) is 3. The van der Waals surface area contributed by atoms with Crippen molar-refractivity contribution in [3.05, 3.63) is 35.5 Å². The van der Waals surface area contributed by atoms with Crippen LogP contribution in [0.25, 0.3) is 10.9 Å². The Balaban J connectivity index is 0.00000272. The molecule has 1 aromatic carbocycles. The van der Waals surface area contributed by atoms with Crippen LogP contribution in [0, 0.1) is 6.92 Å². The van der Waals surface area contributed by atoms with Gasteiger partial charge in [-0.3, -0.25) is 14.7 Å². The van der Waals surface area contributed by atoms with E-state index in [-0.39, 0.29) is 29.9 Å². The third-order valence-corrected chi connectivity index (χ3v) is 5.97. The monoisotopic (exact) mass is 538 g/mol. The average Bonchev–Trinajstić information content (AvgIpc) is 3.45. The van der Waals surface area contributed by atoms with Crippen molar-refractivity contribution < 1.29 is 4.79 Å². The van der Waals surface area contributed by atoms with E-state index in [0.717, 1.165) is 64.5 Å². The Morgan fingerprint density at radius 3 is 2.71 bits per heavy atom. The molecule has 8 heteroatoms. The zero-order valence-electron chi connectivity index (χ0n) is 18.6. The second-order valence-electron chi connectivity index (χ2n) is 8.40. The van der Waals surface area contributed by atoms with Gasteiger partial charge in [-0.05, 0) is 44.2 Å². The van der Waals surface area contributed by atoms with Gasteiger partial charge < -0.3 is 20.5 Å². The minimum Gasteiger partial charge on any atom is -0.361 e. The Morgan fingerprint density at radius 1 is 1.23 bits per heavy atom. The molecule has 170 valence electrons. The molecule has 0 radical (unpaired) electrons. The lowest BCUT2D eigenvalue weighted by atomic mass is 10.1. The van der Waals surface area contributed by atoms with Crippen LogP contribution in [0.5, 0.6) is 0 Å². The highest BCUT2D eigenvalue weighted by atomic mass is 127. The Morgan fingerprint density at radius 2 is 2.00 bits per heavy atom. The predicted molar refractivity (Wildman–Crippen MR) is 137 cm³/mol. The molecule has 2 fully saturated rings. The number of piperazine rings is 1. The summed E-state index contributed by atoms with van der Waals surface area (Å²) in [6, 6.07) is 6.88. The van der Waals surface area contributed by atoms with Crippen LogP contribution in [0.1, 0.15) is 30.9 Å². The van der Waals surface area contributed by atoms with Gasteiger partial charge in [0.05, 0.1) is 6.54 Å². The number of nitrogens with zero attached hydrogens (tertiary/aromatic N) is 3. The summed E-state index contributed by atoms with van der Waals surface area (Å²) in [6.45, 7) is 9.95. The number of hydrogen-bond donors (Lipinski definition) is 3. The van der Waals surface area contributed by atoms with Crippen molar-refractivity contribution in [1.82, 2.24) is 25.4 Å². The minimum atomic E-state index is 0. The summed E-state index contributed by atoms with van der Waals surface area (Å²) in [5.41, 5.74) is 3.82. The molecule has 0 spiro atoms. The van der Waals surface area contributed by atoms with E-state index >= 15 is 0 Å². The van der Waals surface area contributed by atoms with Gasteiger partial charge in [0.15, 0.2) is 5.96 Å². The molecule has 31 heavy (non-hydrogen) atoms. The van der Waals surface area contributed by atoms with Gasteiger partial charge in [0, 0.05) is 62.4 Å². The van der Waals surface area contributed by atoms with Gasteiger partial charge >= 0.3 is 0 Å². The number of nitrogens with one attached hydrogen (secondary N) is 3. The number of aromatic amines is 1. The van der Waals surface area contributed by atoms with Crippen molar-refractivity contribution in [3.8, 4) is 0 Å². The number of carbonyl (C=O) groups is 1. The van der Waals surface area contributed by atoms with E-state index in [9.17, 15) is 4.79 Å². The smallest absolute Gasteiger partial charge is 0.234 e. The highest BCUT2D eigenvalue weighted by Crippen LogP contribution is 2.21. The maximum atomic E-state index is 12.0. The molecule has 2 aromatic rings. The second-order valence-corrected chi connectivity index (χ2v) is 8.40. The van der Waals surface area contributed by atoms with Crippen molar-refractivity contribution >= 4 is 46.7 Å². The number of halogens is 1. The van der Waals surface area contributed by atoms with Gasteiger partial charge in [0.2, 0.25) is 5.91 Å². The summed E-state index contributed by atoms with van der Waals surface area (Å²) in [5, 5.41) is 7.82. The van der Waals surface area contributed by atoms with Crippen LogP contribution in [0.2, 0.25) is 0 Å². The first kappa shape index (κ1) is 23.8. The summed E-state index contributed by atoms with van der Waals surface area (Å²) in [6.07, 6.45) is 5.31. The number of guanidine groups is 1. The first-order valence-corrected chi connectivity index (χ1v) is 11.2. The molecule has 0 atom stereocenters. The van der Waals surface area contributed by atoms with Crippen molar-refractivity contribution in [2.75, 3.05) is 45.8 Å². The van der Waals surface area contributed by atoms with Gasteiger partial charge in [0.1, 0.15) is 0 Å². The number of amides is 1. The van der Waals surface area contributed by atoms with Crippen LogP contribution < -0.4 is 10.6 Å². The van der Waals surface area contributed by atoms with Gasteiger partial charge in [-0.1, -0.05) is 18.2 Å². The second kappa shape index (κ2) is 11.2. The van der Waals surface area contributed by atoms with Crippen LogP contribution in [0.3, 0.4) is 0 Å². The zero-order valence-corrected chi connectivity index (χ0v) is 20.9. The van der Waals surface area contributed by atoms with Crippen molar-refractivity contribution in [3.63, 3.8) is 0 Å². The summed E-state index contributed by atoms with van der Waals surface area (Å²) >= 11 is 0. The third-order valence-electron chi connectivity index (χ3n) is 5.97. The molecule has 0 unspecified atom stereocenters. The largest absolute Gasteiger partial charge is 0.361 e. The highest BCUT2D eigenvalue weighted by Gasteiger charge is 2.25. The van der Waals surface area contributed by atoms with Crippen molar-refractivity contribution in [2.24, 2.45) is 4.99 Å². The van der Waals surface area contributed by atoms with Crippen LogP contribution in [-0.2, 0) is 11.2 Å². The van der Waals surface area contributed by atoms with Gasteiger partial charge in [-0.2, -0.15) is 0 Å². The summed E-state index contributed by atoms with van der Waals surface area (Å²) in [7, 11) is 0. The fourth-order valence-corrected chi connectivity index (χ4v) is 4.10. The van der Waals surface area contributed by atoms with Crippen molar-refractivity contribution in [2.45, 2.75) is 39.2 Å². The molecule has 2 heterocycles. The molecule has 7 nitrogen and oxygen atoms in total. The lowest BCUT2D eigenvalue weighted by Gasteiger charge is -2.36. The number of rotatable bonds is 7. The van der Waals surface area contributed by atoms with E-state index in [1.54, 1.807) is 0 Å². The van der Waals surface area contributed by atoms with E-state index in [2.05, 4.69) is 63.7 Å². The fourth-order valence-electron chi connectivity index (χ4n) is 4.10. The van der Waals surface area contributed by atoms with Gasteiger partial charge in [-0.25, -0.2) is 0 Å². The zero-order chi connectivity index (χ0) is 20.9. The molecule has 1 saturated carbocycles. The number of aliphatic imine (C=N–C) groups is 1. The van der Waals surface area contributed by atoms with Crippen LogP contribution in [-0.4, -0.2) is 78.5 Å². The number of aromatic nitrogens is 1. The first-order valence-electron chi connectivity index (χ1n) is 11.2. The number of aryl methyl sites for hydroxylation is 1. The minimum absolute atomic E-state index is 0. The van der Waals surface area contributed by atoms with Crippen molar-refractivity contribution in [1.29, 1.82) is 0 Å². The molecule has 4 rings (SSSR count). The van der Waals surface area contributed by atoms with Crippen LogP contribution in [0.15, 0.2) is 29.4 Å². The van der Waals surface area contributed by atoms with Crippen LogP contribution in [0.4, 0.5) is 0 Å². The summed E-state index contributed by atoms with van der Waals surface area (Å²) in [5.74, 6) is 1.15. The van der Waals surface area contributed by atoms with E-state index in [0.29, 0.717) is 12.6 Å². The van der Waals surface area contributed by atoms with E-state index in [4.69, 9.17) is 4.99 Å². The summed E-state index contributed by atoms with van der Waals surface area (Å²) < 4.78 is 0. The lowest BCUT2D eigenvalue weighted by Crippen LogP contribution is -2.54. The Kier molecular flexibility index (Phi) is 8.59. The Labute approximate surface area is 202 Å². The SMILES string of the molecule is CCNC(=NCCc1c[nH]c2c(C)cccc12)N1CCN(CC(=O)NC2CC2)CC1.I. The molecule has 2 aliphatic rings. The van der Waals surface area contributed by atoms with Gasteiger partial charge in [-0.15, -0.1) is 24.0 Å². The maximum Gasteiger partial charge on any atom is 0.234 e. The molecule has 0 bridgehead atoms. The molecule has 1 amide bonds. The fraction of sp³-hybridized carbons (Fsp3) is 0.565. The molecular weight excluding hydrogens is 503 g/mol. The van der Waals surface area contributed by atoms with E-state index in [1.165, 1.54) is 22.0 Å². The number of benzene rings is 1. The first-order chi connectivity index (χ1) is 14.6. The third kappa shape index (κ3) is 6.35. The standard InChI is InChI=1S/C23H34N6O.HI/c1-3-24-23(25-10-9-18-15-26-22-17(2)5-4-6-20(18)22)29-13-11-28(12-14-29)16-21(30)27-19-7-8-19;/h4-6,15,19,26H,3,7-14,16H2,1-2H3,(H,24,25)(H,27,30);1H. The number of H-pyrrole nitrogens is 1. The molecule has 3 N–H and O–H groups in total. The Hall–Kier alpha value is -1.81. The number of para-hydroxylation sites is 1. The van der Waals surface area contributed by atoms with Crippen LogP contribution >= 0.6 is 24.0 Å². The molecule has 1 aliphatic carbocycles. The molecule has 1 saturated heterocycles. The maximum absolute atomic E-state index is 12.0. The topological polar surface area (TPSA) is 75.8 Å². The normalized spacial score (nSPS) is 17.5. The number of carbonyl (C=O) groups excluding carboxylic acids is 1. The average molecular weight is 538 g/mol. The van der Waals surface area contributed by atoms with Gasteiger partial charge in [0.25, 0.3) is 0 Å². The molecule has 1 aliphatic heterocycles. The molecular formula is C23H35IN6O. The Bertz CT molecular complexity index is 899. The highest BCUT2D eigenvalue weighted by molar-refractivity contribution is 14.0. The molecule has 1 aromatic heterocycles.